The molecule has 3 heterocycles. The van der Waals surface area contributed by atoms with Gasteiger partial charge in [0, 0.05) is 17.5 Å². The minimum Gasteiger partial charge on any atom is -0.321 e. The lowest BCUT2D eigenvalue weighted by Gasteiger charge is -2.01. The first kappa shape index (κ1) is 12.6. The molecule has 1 amide bonds. The van der Waals surface area contributed by atoms with Crippen LogP contribution in [0.5, 0.6) is 0 Å². The van der Waals surface area contributed by atoms with E-state index >= 15 is 0 Å². The Morgan fingerprint density at radius 3 is 2.73 bits per heavy atom. The Hall–Kier alpha value is -3.14. The summed E-state index contributed by atoms with van der Waals surface area (Å²) in [6.07, 6.45) is 7.43. The number of fused-ring (bicyclic) bond motifs is 1. The maximum Gasteiger partial charge on any atom is 0.255 e. The second kappa shape index (κ2) is 5.00. The normalized spacial score (nSPS) is 16.1. The van der Waals surface area contributed by atoms with Gasteiger partial charge in [-0.25, -0.2) is 4.98 Å². The van der Waals surface area contributed by atoms with Crippen LogP contribution in [0.1, 0.15) is 11.3 Å². The molecule has 106 valence electrons. The molecule has 1 aliphatic rings. The molecule has 0 fully saturated rings. The van der Waals surface area contributed by atoms with Crippen LogP contribution in [0.4, 0.5) is 0 Å². The lowest BCUT2D eigenvalue weighted by atomic mass is 10.1. The molecule has 0 radical (unpaired) electrons. The molecular weight excluding hydrogens is 274 g/mol. The molecular formula is C18H13N3O. The Kier molecular flexibility index (Phi) is 2.86. The molecule has 0 saturated carbocycles. The lowest BCUT2D eigenvalue weighted by molar-refractivity contribution is -0.115. The van der Waals surface area contributed by atoms with E-state index in [2.05, 4.69) is 10.3 Å². The largest absolute Gasteiger partial charge is 0.321 e. The zero-order valence-corrected chi connectivity index (χ0v) is 11.7. The van der Waals surface area contributed by atoms with Crippen molar-refractivity contribution in [2.45, 2.75) is 0 Å². The molecule has 0 saturated heterocycles. The van der Waals surface area contributed by atoms with Gasteiger partial charge < -0.3 is 9.72 Å². The van der Waals surface area contributed by atoms with Crippen LogP contribution in [0, 0.1) is 0 Å². The molecule has 1 N–H and O–H groups in total. The number of aromatic nitrogens is 2. The number of carbonyl (C=O) groups excluding carboxylic acids is 1. The summed E-state index contributed by atoms with van der Waals surface area (Å²) in [5, 5.41) is 2.90. The van der Waals surface area contributed by atoms with E-state index in [1.165, 1.54) is 0 Å². The van der Waals surface area contributed by atoms with Crippen LogP contribution < -0.4 is 5.32 Å². The molecule has 2 aromatic heterocycles. The summed E-state index contributed by atoms with van der Waals surface area (Å²) < 4.78 is 1.95. The summed E-state index contributed by atoms with van der Waals surface area (Å²) in [6, 6.07) is 15.6. The Morgan fingerprint density at radius 1 is 1.05 bits per heavy atom. The number of pyridine rings is 1. The minimum absolute atomic E-state index is 0.0928. The number of hydrogen-bond acceptors (Lipinski definition) is 2. The Balaban J connectivity index is 1.76. The smallest absolute Gasteiger partial charge is 0.255 e. The van der Waals surface area contributed by atoms with Crippen LogP contribution in [0.3, 0.4) is 0 Å². The highest BCUT2D eigenvalue weighted by Crippen LogP contribution is 2.22. The zero-order valence-electron chi connectivity index (χ0n) is 11.7. The van der Waals surface area contributed by atoms with E-state index in [9.17, 15) is 4.79 Å². The van der Waals surface area contributed by atoms with Crippen LogP contribution in [0.25, 0.3) is 17.4 Å². The Bertz CT molecular complexity index is 920. The quantitative estimate of drug-likeness (QED) is 0.737. The number of nitrogens with zero attached hydrogens (tertiary/aromatic N) is 2. The first-order valence-electron chi connectivity index (χ1n) is 7.03. The monoisotopic (exact) mass is 287 g/mol. The summed E-state index contributed by atoms with van der Waals surface area (Å²) in [5.74, 6) is -0.0928. The van der Waals surface area contributed by atoms with E-state index in [-0.39, 0.29) is 5.91 Å². The molecule has 4 heteroatoms. The SMILES string of the molecule is O=C1NC(c2ccccc2)=C/C1=C\c1cnc2ccccn12. The van der Waals surface area contributed by atoms with Crippen molar-refractivity contribution in [2.75, 3.05) is 0 Å². The number of carbonyl (C=O) groups is 1. The third-order valence-corrected chi connectivity index (χ3v) is 3.64. The van der Waals surface area contributed by atoms with Crippen molar-refractivity contribution in [3.05, 3.63) is 83.8 Å². The number of hydrogen-bond donors (Lipinski definition) is 1. The predicted octanol–water partition coefficient (Wildman–Crippen LogP) is 2.89. The summed E-state index contributed by atoms with van der Waals surface area (Å²) in [6.45, 7) is 0. The van der Waals surface area contributed by atoms with E-state index in [0.29, 0.717) is 5.57 Å². The maximum absolute atomic E-state index is 12.2. The van der Waals surface area contributed by atoms with Crippen molar-refractivity contribution in [1.82, 2.24) is 14.7 Å². The number of nitrogens with one attached hydrogen (secondary N) is 1. The van der Waals surface area contributed by atoms with Crippen molar-refractivity contribution in [1.29, 1.82) is 0 Å². The van der Waals surface area contributed by atoms with Gasteiger partial charge in [-0.05, 0) is 29.8 Å². The van der Waals surface area contributed by atoms with Gasteiger partial charge in [-0.3, -0.25) is 4.79 Å². The summed E-state index contributed by atoms with van der Waals surface area (Å²) in [7, 11) is 0. The average Bonchev–Trinajstić information content (AvgIpc) is 3.13. The third kappa shape index (κ3) is 2.11. The summed E-state index contributed by atoms with van der Waals surface area (Å²) >= 11 is 0. The maximum atomic E-state index is 12.2. The second-order valence-electron chi connectivity index (χ2n) is 5.09. The number of benzene rings is 1. The minimum atomic E-state index is -0.0928. The van der Waals surface area contributed by atoms with Gasteiger partial charge in [0.25, 0.3) is 5.91 Å². The lowest BCUT2D eigenvalue weighted by Crippen LogP contribution is -2.15. The molecule has 0 bridgehead atoms. The molecule has 0 spiro atoms. The van der Waals surface area contributed by atoms with Gasteiger partial charge in [0.2, 0.25) is 0 Å². The number of amides is 1. The molecule has 4 rings (SSSR count). The van der Waals surface area contributed by atoms with Gasteiger partial charge in [0.15, 0.2) is 0 Å². The highest BCUT2D eigenvalue weighted by Gasteiger charge is 2.19. The van der Waals surface area contributed by atoms with Crippen LogP contribution >= 0.6 is 0 Å². The fourth-order valence-corrected chi connectivity index (χ4v) is 2.55. The highest BCUT2D eigenvalue weighted by atomic mass is 16.1. The van der Waals surface area contributed by atoms with E-state index in [4.69, 9.17) is 0 Å². The van der Waals surface area contributed by atoms with Crippen molar-refractivity contribution < 1.29 is 4.79 Å². The molecule has 0 unspecified atom stereocenters. The van der Waals surface area contributed by atoms with Gasteiger partial charge in [-0.1, -0.05) is 36.4 Å². The van der Waals surface area contributed by atoms with Crippen molar-refractivity contribution in [3.8, 4) is 0 Å². The fourth-order valence-electron chi connectivity index (χ4n) is 2.55. The van der Waals surface area contributed by atoms with Crippen LogP contribution in [0.15, 0.2) is 72.6 Å². The van der Waals surface area contributed by atoms with Gasteiger partial charge >= 0.3 is 0 Å². The zero-order chi connectivity index (χ0) is 14.9. The molecule has 4 nitrogen and oxygen atoms in total. The van der Waals surface area contributed by atoms with E-state index in [0.717, 1.165) is 22.6 Å². The predicted molar refractivity (Wildman–Crippen MR) is 85.7 cm³/mol. The van der Waals surface area contributed by atoms with Gasteiger partial charge in [0.05, 0.1) is 11.9 Å². The van der Waals surface area contributed by atoms with Gasteiger partial charge in [0.1, 0.15) is 5.65 Å². The van der Waals surface area contributed by atoms with Crippen LogP contribution in [0.2, 0.25) is 0 Å². The standard InChI is InChI=1S/C18H13N3O/c22-18-14(11-16(20-18)13-6-2-1-3-7-13)10-15-12-19-17-8-4-5-9-21(15)17/h1-12H,(H,20,22)/b14-10+. The fraction of sp³-hybridized carbons (Fsp3) is 0. The van der Waals surface area contributed by atoms with Gasteiger partial charge in [-0.15, -0.1) is 0 Å². The highest BCUT2D eigenvalue weighted by molar-refractivity contribution is 6.10. The van der Waals surface area contributed by atoms with Crippen molar-refractivity contribution in [3.63, 3.8) is 0 Å². The van der Waals surface area contributed by atoms with E-state index in [1.807, 2.05) is 71.3 Å². The first-order chi connectivity index (χ1) is 10.8. The average molecular weight is 287 g/mol. The number of imidazole rings is 1. The molecule has 1 aliphatic heterocycles. The van der Waals surface area contributed by atoms with Crippen molar-refractivity contribution in [2.24, 2.45) is 0 Å². The van der Waals surface area contributed by atoms with E-state index in [1.54, 1.807) is 6.20 Å². The van der Waals surface area contributed by atoms with Crippen molar-refractivity contribution >= 4 is 23.3 Å². The Labute approximate surface area is 127 Å². The molecule has 1 aromatic carbocycles. The molecule has 22 heavy (non-hydrogen) atoms. The van der Waals surface area contributed by atoms with Crippen LogP contribution in [-0.4, -0.2) is 15.3 Å². The third-order valence-electron chi connectivity index (χ3n) is 3.64. The van der Waals surface area contributed by atoms with Gasteiger partial charge in [-0.2, -0.15) is 0 Å². The second-order valence-corrected chi connectivity index (χ2v) is 5.09. The topological polar surface area (TPSA) is 46.4 Å². The Morgan fingerprint density at radius 2 is 1.86 bits per heavy atom. The summed E-state index contributed by atoms with van der Waals surface area (Å²) in [5.41, 5.74) is 4.19. The molecule has 3 aromatic rings. The van der Waals surface area contributed by atoms with E-state index < -0.39 is 0 Å². The summed E-state index contributed by atoms with van der Waals surface area (Å²) in [4.78, 5) is 16.5. The van der Waals surface area contributed by atoms with Crippen LogP contribution in [-0.2, 0) is 4.79 Å². The first-order valence-corrected chi connectivity index (χ1v) is 7.03. The number of rotatable bonds is 2. The molecule has 0 atom stereocenters. The molecule has 0 aliphatic carbocycles.